The molecule has 3 aromatic rings. The maximum Gasteiger partial charge on any atom is 0.262 e. The van der Waals surface area contributed by atoms with E-state index < -0.39 is 10.0 Å². The van der Waals surface area contributed by atoms with Gasteiger partial charge in [-0.05, 0) is 36.2 Å². The van der Waals surface area contributed by atoms with E-state index in [1.165, 1.54) is 7.11 Å². The van der Waals surface area contributed by atoms with Gasteiger partial charge in [0.2, 0.25) is 0 Å². The Hall–Kier alpha value is -2.99. The lowest BCUT2D eigenvalue weighted by Gasteiger charge is -2.18. The van der Waals surface area contributed by atoms with Gasteiger partial charge >= 0.3 is 0 Å². The van der Waals surface area contributed by atoms with E-state index in [0.717, 1.165) is 16.7 Å². The number of hydrogen-bond acceptors (Lipinski definition) is 4. The second-order valence-electron chi connectivity index (χ2n) is 7.19. The van der Waals surface area contributed by atoms with Gasteiger partial charge in [0.25, 0.3) is 10.0 Å². The van der Waals surface area contributed by atoms with E-state index in [1.807, 2.05) is 18.2 Å². The Labute approximate surface area is 171 Å². The Morgan fingerprint density at radius 1 is 0.966 bits per heavy atom. The second kappa shape index (κ2) is 7.44. The summed E-state index contributed by atoms with van der Waals surface area (Å²) in [5.74, 6) is 1.20. The minimum atomic E-state index is -3.72. The third kappa shape index (κ3) is 3.56. The highest BCUT2D eigenvalue weighted by molar-refractivity contribution is 7.92. The van der Waals surface area contributed by atoms with Gasteiger partial charge in [-0.2, -0.15) is 0 Å². The number of anilines is 1. The first kappa shape index (κ1) is 19.3. The molecular weight excluding hydrogens is 386 g/mol. The number of sulfonamides is 1. The fourth-order valence-corrected chi connectivity index (χ4v) is 4.81. The van der Waals surface area contributed by atoms with E-state index in [-0.39, 0.29) is 16.9 Å². The molecule has 150 valence electrons. The van der Waals surface area contributed by atoms with Crippen molar-refractivity contribution in [3.05, 3.63) is 83.4 Å². The molecule has 1 aliphatic rings. The molecule has 0 unspecified atom stereocenters. The molecule has 0 radical (unpaired) electrons. The molecule has 0 saturated heterocycles. The Morgan fingerprint density at radius 3 is 2.34 bits per heavy atom. The maximum atomic E-state index is 12.8. The van der Waals surface area contributed by atoms with Crippen molar-refractivity contribution in [2.24, 2.45) is 0 Å². The summed E-state index contributed by atoms with van der Waals surface area (Å²) in [6, 6.07) is 20.0. The molecule has 0 aliphatic carbocycles. The summed E-state index contributed by atoms with van der Waals surface area (Å²) in [5, 5.41) is 0. The Morgan fingerprint density at radius 2 is 1.66 bits per heavy atom. The van der Waals surface area contributed by atoms with Crippen LogP contribution in [0.25, 0.3) is 0 Å². The molecule has 1 aliphatic heterocycles. The van der Waals surface area contributed by atoms with Crippen LogP contribution in [-0.4, -0.2) is 15.5 Å². The summed E-state index contributed by atoms with van der Waals surface area (Å²) >= 11 is 0. The maximum absolute atomic E-state index is 12.8. The van der Waals surface area contributed by atoms with Crippen LogP contribution in [0.4, 0.5) is 5.69 Å². The van der Waals surface area contributed by atoms with Crippen LogP contribution in [0.15, 0.2) is 71.6 Å². The van der Waals surface area contributed by atoms with Crippen LogP contribution in [0.2, 0.25) is 0 Å². The number of ether oxygens (including phenoxy) is 2. The van der Waals surface area contributed by atoms with Crippen LogP contribution in [0.5, 0.6) is 11.5 Å². The normalized spacial score (nSPS) is 18.0. The fourth-order valence-electron chi connectivity index (χ4n) is 3.73. The largest absolute Gasteiger partial charge is 0.494 e. The molecule has 2 atom stereocenters. The minimum absolute atomic E-state index is 0.0667. The topological polar surface area (TPSA) is 64.6 Å². The van der Waals surface area contributed by atoms with Gasteiger partial charge in [-0.25, -0.2) is 8.42 Å². The van der Waals surface area contributed by atoms with Crippen molar-refractivity contribution in [3.8, 4) is 11.5 Å². The Kier molecular flexibility index (Phi) is 4.96. The van der Waals surface area contributed by atoms with E-state index in [2.05, 4.69) is 30.7 Å². The first-order valence-electron chi connectivity index (χ1n) is 9.42. The van der Waals surface area contributed by atoms with Crippen molar-refractivity contribution in [1.82, 2.24) is 0 Å². The van der Waals surface area contributed by atoms with Crippen molar-refractivity contribution in [1.29, 1.82) is 0 Å². The lowest BCUT2D eigenvalue weighted by atomic mass is 9.90. The van der Waals surface area contributed by atoms with Crippen molar-refractivity contribution < 1.29 is 17.9 Å². The molecule has 5 nitrogen and oxygen atoms in total. The molecule has 0 amide bonds. The van der Waals surface area contributed by atoms with Crippen LogP contribution >= 0.6 is 0 Å². The summed E-state index contributed by atoms with van der Waals surface area (Å²) in [7, 11) is -2.21. The SMILES string of the molecule is COc1cc2c(cc1NS(=O)(=O)c1ccccc1)[C@@H](C)[C@H](c1ccccc1C)O2. The van der Waals surface area contributed by atoms with Crippen LogP contribution in [0.3, 0.4) is 0 Å². The van der Waals surface area contributed by atoms with E-state index in [0.29, 0.717) is 17.2 Å². The second-order valence-corrected chi connectivity index (χ2v) is 8.87. The molecule has 4 rings (SSSR count). The number of benzene rings is 3. The van der Waals surface area contributed by atoms with Gasteiger partial charge in [-0.3, -0.25) is 4.72 Å². The first-order chi connectivity index (χ1) is 13.9. The number of rotatable bonds is 5. The molecule has 6 heteroatoms. The Bertz CT molecular complexity index is 1140. The van der Waals surface area contributed by atoms with Crippen LogP contribution in [0.1, 0.15) is 35.6 Å². The molecular formula is C23H23NO4S. The predicted octanol–water partition coefficient (Wildman–Crippen LogP) is 5.04. The zero-order valence-electron chi connectivity index (χ0n) is 16.5. The summed E-state index contributed by atoms with van der Waals surface area (Å²) in [5.41, 5.74) is 3.64. The molecule has 1 heterocycles. The molecule has 0 aromatic heterocycles. The number of hydrogen-bond donors (Lipinski definition) is 1. The van der Waals surface area contributed by atoms with E-state index in [4.69, 9.17) is 9.47 Å². The standard InChI is InChI=1S/C23H23NO4S/c1-15-9-7-8-12-18(15)23-16(2)19-13-20(22(27-3)14-21(19)28-23)24-29(25,26)17-10-5-4-6-11-17/h4-14,16,23-24H,1-3H3/t16-,23-/m1/s1. The molecule has 0 spiro atoms. The minimum Gasteiger partial charge on any atom is -0.494 e. The third-order valence-corrected chi connectivity index (χ3v) is 6.70. The zero-order chi connectivity index (χ0) is 20.6. The summed E-state index contributed by atoms with van der Waals surface area (Å²) in [6.45, 7) is 4.15. The number of methoxy groups -OCH3 is 1. The monoisotopic (exact) mass is 409 g/mol. The van der Waals surface area contributed by atoms with Gasteiger partial charge in [0.15, 0.2) is 0 Å². The average molecular weight is 410 g/mol. The van der Waals surface area contributed by atoms with Crippen molar-refractivity contribution >= 4 is 15.7 Å². The summed E-state index contributed by atoms with van der Waals surface area (Å²) < 4.78 is 39.9. The fraction of sp³-hybridized carbons (Fsp3) is 0.217. The van der Waals surface area contributed by atoms with Crippen LogP contribution in [0, 0.1) is 6.92 Å². The van der Waals surface area contributed by atoms with E-state index >= 15 is 0 Å². The van der Waals surface area contributed by atoms with Crippen LogP contribution < -0.4 is 14.2 Å². The van der Waals surface area contributed by atoms with E-state index in [9.17, 15) is 8.42 Å². The summed E-state index contributed by atoms with van der Waals surface area (Å²) in [4.78, 5) is 0.199. The highest BCUT2D eigenvalue weighted by Crippen LogP contribution is 2.49. The van der Waals surface area contributed by atoms with E-state index in [1.54, 1.807) is 36.4 Å². The Balaban J connectivity index is 1.71. The lowest BCUT2D eigenvalue weighted by Crippen LogP contribution is -2.13. The molecule has 3 aromatic carbocycles. The van der Waals surface area contributed by atoms with Crippen molar-refractivity contribution in [2.45, 2.75) is 30.8 Å². The van der Waals surface area contributed by atoms with Gasteiger partial charge in [-0.15, -0.1) is 0 Å². The van der Waals surface area contributed by atoms with Gasteiger partial charge in [0.1, 0.15) is 17.6 Å². The zero-order valence-corrected chi connectivity index (χ0v) is 17.4. The molecule has 0 bridgehead atoms. The molecule has 0 saturated carbocycles. The lowest BCUT2D eigenvalue weighted by molar-refractivity contribution is 0.214. The van der Waals surface area contributed by atoms with Gasteiger partial charge < -0.3 is 9.47 Å². The van der Waals surface area contributed by atoms with Crippen LogP contribution in [-0.2, 0) is 10.0 Å². The molecule has 0 fully saturated rings. The quantitative estimate of drug-likeness (QED) is 0.641. The van der Waals surface area contributed by atoms with Gasteiger partial charge in [0.05, 0.1) is 17.7 Å². The number of aryl methyl sites for hydroxylation is 1. The smallest absolute Gasteiger partial charge is 0.262 e. The first-order valence-corrected chi connectivity index (χ1v) is 10.9. The van der Waals surface area contributed by atoms with Gasteiger partial charge in [0, 0.05) is 17.5 Å². The molecule has 1 N–H and O–H groups in total. The molecule has 29 heavy (non-hydrogen) atoms. The predicted molar refractivity (Wildman–Crippen MR) is 113 cm³/mol. The van der Waals surface area contributed by atoms with Crippen molar-refractivity contribution in [3.63, 3.8) is 0 Å². The highest BCUT2D eigenvalue weighted by Gasteiger charge is 2.34. The number of fused-ring (bicyclic) bond motifs is 1. The summed E-state index contributed by atoms with van der Waals surface area (Å²) in [6.07, 6.45) is -0.128. The third-order valence-electron chi connectivity index (χ3n) is 5.32. The average Bonchev–Trinajstić information content (AvgIpc) is 3.04. The highest BCUT2D eigenvalue weighted by atomic mass is 32.2. The number of nitrogens with one attached hydrogen (secondary N) is 1. The van der Waals surface area contributed by atoms with Crippen molar-refractivity contribution in [2.75, 3.05) is 11.8 Å². The van der Waals surface area contributed by atoms with Gasteiger partial charge in [-0.1, -0.05) is 49.4 Å².